The molecule has 0 radical (unpaired) electrons. The highest BCUT2D eigenvalue weighted by atomic mass is 32.2. The predicted molar refractivity (Wildman–Crippen MR) is 143 cm³/mol. The van der Waals surface area contributed by atoms with Gasteiger partial charge < -0.3 is 15.0 Å². The van der Waals surface area contributed by atoms with Crippen LogP contribution in [-0.2, 0) is 17.1 Å². The van der Waals surface area contributed by atoms with Crippen LogP contribution in [0.4, 0.5) is 11.6 Å². The van der Waals surface area contributed by atoms with Crippen molar-refractivity contribution < 1.29 is 13.2 Å². The molecule has 4 aromatic rings. The van der Waals surface area contributed by atoms with Crippen LogP contribution in [0.3, 0.4) is 0 Å². The summed E-state index contributed by atoms with van der Waals surface area (Å²) in [6.45, 7) is 7.78. The molecule has 1 saturated heterocycles. The molecule has 11 heteroatoms. The van der Waals surface area contributed by atoms with Crippen LogP contribution in [0, 0.1) is 13.8 Å². The summed E-state index contributed by atoms with van der Waals surface area (Å²) in [6.07, 6.45) is 2.68. The Morgan fingerprint density at radius 1 is 1.00 bits per heavy atom. The number of piperazine rings is 1. The lowest BCUT2D eigenvalue weighted by atomic mass is 10.00. The first kappa shape index (κ1) is 24.7. The van der Waals surface area contributed by atoms with Crippen molar-refractivity contribution in [2.24, 2.45) is 7.05 Å². The molecule has 3 heterocycles. The fourth-order valence-corrected chi connectivity index (χ4v) is 5.28. The van der Waals surface area contributed by atoms with E-state index < -0.39 is 10.0 Å². The number of aryl methyl sites for hydroxylation is 3. The van der Waals surface area contributed by atoms with E-state index in [4.69, 9.17) is 4.74 Å². The second kappa shape index (κ2) is 10.2. The number of hydrogen-bond donors (Lipinski definition) is 2. The van der Waals surface area contributed by atoms with Crippen molar-refractivity contribution in [3.05, 3.63) is 72.1 Å². The Kier molecular flexibility index (Phi) is 6.81. The number of sulfonamides is 1. The zero-order chi connectivity index (χ0) is 26.0. The Morgan fingerprint density at radius 3 is 2.35 bits per heavy atom. The van der Waals surface area contributed by atoms with Crippen molar-refractivity contribution in [1.82, 2.24) is 25.1 Å². The Balaban J connectivity index is 1.49. The van der Waals surface area contributed by atoms with E-state index in [1.165, 1.54) is 17.1 Å². The summed E-state index contributed by atoms with van der Waals surface area (Å²) in [4.78, 5) is 11.2. The van der Waals surface area contributed by atoms with Gasteiger partial charge in [-0.1, -0.05) is 18.2 Å². The summed E-state index contributed by atoms with van der Waals surface area (Å²) in [5, 5.41) is 7.31. The van der Waals surface area contributed by atoms with Gasteiger partial charge in [0, 0.05) is 56.7 Å². The maximum atomic E-state index is 13.0. The quantitative estimate of drug-likeness (QED) is 0.381. The summed E-state index contributed by atoms with van der Waals surface area (Å²) >= 11 is 0. The first-order valence-corrected chi connectivity index (χ1v) is 13.5. The highest BCUT2D eigenvalue weighted by Crippen LogP contribution is 2.31. The molecule has 10 nitrogen and oxygen atoms in total. The molecule has 1 aliphatic heterocycles. The molecule has 192 valence electrons. The maximum Gasteiger partial charge on any atom is 0.267 e. The second-order valence-electron chi connectivity index (χ2n) is 8.97. The average Bonchev–Trinajstić information content (AvgIpc) is 3.32. The summed E-state index contributed by atoms with van der Waals surface area (Å²) in [6, 6.07) is 15.5. The molecule has 2 aromatic carbocycles. The molecule has 2 aromatic heterocycles. The van der Waals surface area contributed by atoms with Crippen molar-refractivity contribution in [2.45, 2.75) is 18.7 Å². The third-order valence-electron chi connectivity index (χ3n) is 6.20. The van der Waals surface area contributed by atoms with E-state index in [9.17, 15) is 8.42 Å². The molecular weight excluding hydrogens is 490 g/mol. The lowest BCUT2D eigenvalue weighted by Gasteiger charge is -2.29. The van der Waals surface area contributed by atoms with Gasteiger partial charge in [0.25, 0.3) is 10.0 Å². The third-order valence-corrected chi connectivity index (χ3v) is 7.48. The standard InChI is InChI=1S/C26H29N7O3S/c1-18-5-4-6-19(2)25(18)23-15-24(30-26(29-23)31-37(34,35)22-16-28-32(3)17-22)36-21-9-7-20(8-10-21)33-13-11-27-12-14-33/h4-10,15-17,27H,11-14H2,1-3H3,(H,29,30,31). The van der Waals surface area contributed by atoms with Gasteiger partial charge in [-0.3, -0.25) is 4.68 Å². The van der Waals surface area contributed by atoms with Gasteiger partial charge in [0.05, 0.1) is 11.9 Å². The molecule has 0 unspecified atom stereocenters. The van der Waals surface area contributed by atoms with Crippen molar-refractivity contribution in [3.63, 3.8) is 0 Å². The SMILES string of the molecule is Cc1cccc(C)c1-c1cc(Oc2ccc(N3CCNCC3)cc2)nc(NS(=O)(=O)c2cnn(C)c2)n1. The van der Waals surface area contributed by atoms with Gasteiger partial charge in [-0.25, -0.2) is 18.1 Å². The Hall–Kier alpha value is -3.96. The molecule has 2 N–H and O–H groups in total. The monoisotopic (exact) mass is 519 g/mol. The van der Waals surface area contributed by atoms with Crippen LogP contribution in [0.1, 0.15) is 11.1 Å². The summed E-state index contributed by atoms with van der Waals surface area (Å²) < 4.78 is 35.9. The number of nitrogens with one attached hydrogen (secondary N) is 2. The minimum atomic E-state index is -3.94. The van der Waals surface area contributed by atoms with Crippen molar-refractivity contribution in [3.8, 4) is 22.9 Å². The van der Waals surface area contributed by atoms with Crippen LogP contribution in [-0.4, -0.2) is 54.3 Å². The molecule has 1 aliphatic rings. The highest BCUT2D eigenvalue weighted by Gasteiger charge is 2.20. The average molecular weight is 520 g/mol. The number of anilines is 2. The highest BCUT2D eigenvalue weighted by molar-refractivity contribution is 7.92. The van der Waals surface area contributed by atoms with Crippen molar-refractivity contribution >= 4 is 21.7 Å². The molecular formula is C26H29N7O3S. The molecule has 5 rings (SSSR count). The smallest absolute Gasteiger partial charge is 0.267 e. The molecule has 0 spiro atoms. The minimum Gasteiger partial charge on any atom is -0.439 e. The van der Waals surface area contributed by atoms with Crippen LogP contribution in [0.15, 0.2) is 65.8 Å². The van der Waals surface area contributed by atoms with Crippen LogP contribution in [0.2, 0.25) is 0 Å². The largest absolute Gasteiger partial charge is 0.439 e. The Bertz CT molecular complexity index is 1490. The first-order chi connectivity index (χ1) is 17.8. The van der Waals surface area contributed by atoms with Crippen LogP contribution in [0.5, 0.6) is 11.6 Å². The summed E-state index contributed by atoms with van der Waals surface area (Å²) in [5.41, 5.74) is 4.59. The molecule has 0 amide bonds. The lowest BCUT2D eigenvalue weighted by Crippen LogP contribution is -2.43. The zero-order valence-corrected chi connectivity index (χ0v) is 21.8. The van der Waals surface area contributed by atoms with Gasteiger partial charge in [0.1, 0.15) is 10.6 Å². The summed E-state index contributed by atoms with van der Waals surface area (Å²) in [5.74, 6) is 0.731. The van der Waals surface area contributed by atoms with Crippen LogP contribution in [0.25, 0.3) is 11.3 Å². The van der Waals surface area contributed by atoms with Gasteiger partial charge in [-0.2, -0.15) is 10.1 Å². The number of aromatic nitrogens is 4. The second-order valence-corrected chi connectivity index (χ2v) is 10.7. The maximum absolute atomic E-state index is 13.0. The van der Waals surface area contributed by atoms with E-state index in [0.29, 0.717) is 11.4 Å². The number of nitrogens with zero attached hydrogens (tertiary/aromatic N) is 5. The Labute approximate surface area is 216 Å². The minimum absolute atomic E-state index is 0.0158. The van der Waals surface area contributed by atoms with E-state index >= 15 is 0 Å². The van der Waals surface area contributed by atoms with Crippen molar-refractivity contribution in [2.75, 3.05) is 35.8 Å². The number of ether oxygens (including phenoxy) is 1. The van der Waals surface area contributed by atoms with Gasteiger partial charge in [0.2, 0.25) is 11.8 Å². The molecule has 37 heavy (non-hydrogen) atoms. The molecule has 0 saturated carbocycles. The van der Waals surface area contributed by atoms with Gasteiger partial charge in [-0.15, -0.1) is 0 Å². The number of hydrogen-bond acceptors (Lipinski definition) is 8. The van der Waals surface area contributed by atoms with Crippen LogP contribution < -0.4 is 19.7 Å². The Morgan fingerprint density at radius 2 is 1.70 bits per heavy atom. The number of rotatable bonds is 7. The predicted octanol–water partition coefficient (Wildman–Crippen LogP) is 3.50. The molecule has 0 atom stereocenters. The van der Waals surface area contributed by atoms with E-state index in [-0.39, 0.29) is 16.7 Å². The third kappa shape index (κ3) is 5.57. The van der Waals surface area contributed by atoms with E-state index in [2.05, 4.69) is 30.0 Å². The van der Waals surface area contributed by atoms with Gasteiger partial charge in [0.15, 0.2) is 0 Å². The van der Waals surface area contributed by atoms with Crippen LogP contribution >= 0.6 is 0 Å². The first-order valence-electron chi connectivity index (χ1n) is 12.0. The fourth-order valence-electron chi connectivity index (χ4n) is 4.35. The zero-order valence-electron chi connectivity index (χ0n) is 21.0. The van der Waals surface area contributed by atoms with E-state index in [1.807, 2.05) is 56.3 Å². The topological polar surface area (TPSA) is 114 Å². The van der Waals surface area contributed by atoms with Gasteiger partial charge in [-0.05, 0) is 49.2 Å². The lowest BCUT2D eigenvalue weighted by molar-refractivity contribution is 0.463. The fraction of sp³-hybridized carbons (Fsp3) is 0.269. The van der Waals surface area contributed by atoms with E-state index in [0.717, 1.165) is 48.6 Å². The molecule has 0 bridgehead atoms. The van der Waals surface area contributed by atoms with E-state index in [1.54, 1.807) is 13.1 Å². The summed E-state index contributed by atoms with van der Waals surface area (Å²) in [7, 11) is -2.29. The molecule has 1 fully saturated rings. The van der Waals surface area contributed by atoms with Gasteiger partial charge >= 0.3 is 0 Å². The molecule has 0 aliphatic carbocycles. The normalized spacial score (nSPS) is 14.0. The van der Waals surface area contributed by atoms with Crippen molar-refractivity contribution in [1.29, 1.82) is 0 Å². The number of benzene rings is 2.